The quantitative estimate of drug-likeness (QED) is 0.174. The Bertz CT molecular complexity index is 3370. The fraction of sp³-hybridized carbons (Fsp3) is 0.0175. The first-order valence-electron chi connectivity index (χ1n) is 20.9. The zero-order chi connectivity index (χ0) is 40.8. The van der Waals surface area contributed by atoms with E-state index in [0.29, 0.717) is 11.8 Å². The Morgan fingerprint density at radius 2 is 0.758 bits per heavy atom. The maximum atomic E-state index is 6.57. The molecular formula is C57H34N2O3. The number of benzene rings is 9. The summed E-state index contributed by atoms with van der Waals surface area (Å²) >= 11 is 0. The molecule has 11 aromatic rings. The van der Waals surface area contributed by atoms with Crippen molar-refractivity contribution in [2.75, 3.05) is 0 Å². The first kappa shape index (κ1) is 34.6. The van der Waals surface area contributed by atoms with Crippen LogP contribution in [0.2, 0.25) is 0 Å². The van der Waals surface area contributed by atoms with Crippen LogP contribution in [0.1, 0.15) is 22.3 Å². The molecule has 0 amide bonds. The molecule has 2 aromatic heterocycles. The van der Waals surface area contributed by atoms with Crippen LogP contribution in [0.4, 0.5) is 0 Å². The second kappa shape index (κ2) is 13.4. The number of aromatic nitrogens is 2. The number of hydrogen-bond acceptors (Lipinski definition) is 5. The van der Waals surface area contributed by atoms with E-state index in [9.17, 15) is 0 Å². The molecule has 0 unspecified atom stereocenters. The fourth-order valence-electron chi connectivity index (χ4n) is 9.80. The molecule has 3 heterocycles. The van der Waals surface area contributed by atoms with Gasteiger partial charge in [-0.1, -0.05) is 140 Å². The van der Waals surface area contributed by atoms with Gasteiger partial charge in [-0.2, -0.15) is 0 Å². The highest BCUT2D eigenvalue weighted by Gasteiger charge is 2.51. The zero-order valence-corrected chi connectivity index (χ0v) is 33.2. The van der Waals surface area contributed by atoms with Crippen LogP contribution in [0.5, 0.6) is 11.5 Å². The summed E-state index contributed by atoms with van der Waals surface area (Å²) in [6, 6.07) is 72.5. The number of ether oxygens (including phenoxy) is 1. The standard InChI is InChI=1S/C57H34N2O3/c1-2-15-45-43(14-1)44-29-28-39(34-48(44)57(45)46-16-3-7-20-51(46)60-52-21-8-4-17-47(52)57)38-13-11-12-37(30-38)35-24-26-36(27-25-35)40-31-41(55-58-49-18-5-9-22-53(49)61-55)33-42(32-40)56-59-50-19-6-10-23-54(50)62-56/h1-34H. The van der Waals surface area contributed by atoms with Gasteiger partial charge in [-0.3, -0.25) is 0 Å². The minimum atomic E-state index is -0.515. The van der Waals surface area contributed by atoms with Gasteiger partial charge in [-0.05, 0) is 122 Å². The van der Waals surface area contributed by atoms with Gasteiger partial charge in [0.1, 0.15) is 22.5 Å². The fourth-order valence-corrected chi connectivity index (χ4v) is 9.80. The molecule has 0 N–H and O–H groups in total. The van der Waals surface area contributed by atoms with Crippen molar-refractivity contribution in [3.63, 3.8) is 0 Å². The molecule has 0 saturated heterocycles. The highest BCUT2D eigenvalue weighted by atomic mass is 16.5. The summed E-state index contributed by atoms with van der Waals surface area (Å²) in [5.74, 6) is 2.88. The van der Waals surface area contributed by atoms with E-state index in [1.165, 1.54) is 27.8 Å². The van der Waals surface area contributed by atoms with Crippen molar-refractivity contribution in [1.29, 1.82) is 0 Å². The summed E-state index contributed by atoms with van der Waals surface area (Å²) in [6.07, 6.45) is 0. The van der Waals surface area contributed by atoms with E-state index in [4.69, 9.17) is 23.5 Å². The van der Waals surface area contributed by atoms with Crippen LogP contribution in [0.15, 0.2) is 215 Å². The molecule has 1 aliphatic carbocycles. The second-order valence-corrected chi connectivity index (χ2v) is 16.1. The monoisotopic (exact) mass is 794 g/mol. The number of nitrogens with zero attached hydrogens (tertiary/aromatic N) is 2. The minimum Gasteiger partial charge on any atom is -0.457 e. The summed E-state index contributed by atoms with van der Waals surface area (Å²) in [4.78, 5) is 9.67. The average Bonchev–Trinajstić information content (AvgIpc) is 4.05. The normalized spacial score (nSPS) is 13.1. The Morgan fingerprint density at radius 3 is 1.39 bits per heavy atom. The topological polar surface area (TPSA) is 61.3 Å². The Hall–Kier alpha value is -8.28. The lowest BCUT2D eigenvalue weighted by molar-refractivity contribution is 0.436. The molecule has 0 radical (unpaired) electrons. The molecule has 1 spiro atoms. The van der Waals surface area contributed by atoms with E-state index in [-0.39, 0.29) is 0 Å². The molecule has 2 aliphatic rings. The summed E-state index contributed by atoms with van der Waals surface area (Å²) in [5, 5.41) is 0. The summed E-state index contributed by atoms with van der Waals surface area (Å²) in [7, 11) is 0. The third-order valence-corrected chi connectivity index (χ3v) is 12.6. The summed E-state index contributed by atoms with van der Waals surface area (Å²) < 4.78 is 19.1. The van der Waals surface area contributed by atoms with Crippen molar-refractivity contribution in [1.82, 2.24) is 9.97 Å². The maximum Gasteiger partial charge on any atom is 0.227 e. The van der Waals surface area contributed by atoms with Gasteiger partial charge < -0.3 is 13.6 Å². The Labute approximate surface area is 357 Å². The molecule has 0 bridgehead atoms. The lowest BCUT2D eigenvalue weighted by Crippen LogP contribution is -2.32. The lowest BCUT2D eigenvalue weighted by atomic mass is 9.66. The molecule has 0 saturated carbocycles. The van der Waals surface area contributed by atoms with Crippen molar-refractivity contribution in [2.24, 2.45) is 0 Å². The van der Waals surface area contributed by atoms with E-state index in [1.807, 2.05) is 54.6 Å². The van der Waals surface area contributed by atoms with Gasteiger partial charge in [0, 0.05) is 22.3 Å². The minimum absolute atomic E-state index is 0.515. The summed E-state index contributed by atoms with van der Waals surface area (Å²) in [5.41, 5.74) is 18.3. The Morgan fingerprint density at radius 1 is 0.306 bits per heavy atom. The van der Waals surface area contributed by atoms with Crippen molar-refractivity contribution in [3.8, 4) is 78.9 Å². The van der Waals surface area contributed by atoms with Crippen molar-refractivity contribution in [3.05, 3.63) is 229 Å². The maximum absolute atomic E-state index is 6.57. The molecule has 5 heteroatoms. The van der Waals surface area contributed by atoms with Gasteiger partial charge >= 0.3 is 0 Å². The Balaban J connectivity index is 0.892. The zero-order valence-electron chi connectivity index (χ0n) is 33.2. The molecule has 9 aromatic carbocycles. The van der Waals surface area contributed by atoms with Crippen LogP contribution in [0.25, 0.3) is 89.6 Å². The van der Waals surface area contributed by atoms with Gasteiger partial charge in [0.25, 0.3) is 0 Å². The molecule has 13 rings (SSSR count). The molecule has 1 aliphatic heterocycles. The molecule has 0 fully saturated rings. The number of para-hydroxylation sites is 6. The molecule has 62 heavy (non-hydrogen) atoms. The van der Waals surface area contributed by atoms with E-state index in [2.05, 4.69) is 152 Å². The van der Waals surface area contributed by atoms with Gasteiger partial charge in [0.15, 0.2) is 11.2 Å². The summed E-state index contributed by atoms with van der Waals surface area (Å²) in [6.45, 7) is 0. The molecule has 290 valence electrons. The largest absolute Gasteiger partial charge is 0.457 e. The van der Waals surface area contributed by atoms with Crippen LogP contribution in [0, 0.1) is 0 Å². The first-order chi connectivity index (χ1) is 30.7. The molecule has 5 nitrogen and oxygen atoms in total. The predicted molar refractivity (Wildman–Crippen MR) is 246 cm³/mol. The van der Waals surface area contributed by atoms with Gasteiger partial charge in [-0.25, -0.2) is 9.97 Å². The van der Waals surface area contributed by atoms with E-state index >= 15 is 0 Å². The third kappa shape index (κ3) is 5.22. The van der Waals surface area contributed by atoms with E-state index < -0.39 is 5.41 Å². The number of rotatable bonds is 5. The van der Waals surface area contributed by atoms with Gasteiger partial charge in [0.05, 0.1) is 5.41 Å². The van der Waals surface area contributed by atoms with Crippen LogP contribution in [-0.2, 0) is 5.41 Å². The number of oxazole rings is 2. The van der Waals surface area contributed by atoms with Crippen LogP contribution < -0.4 is 4.74 Å². The van der Waals surface area contributed by atoms with Gasteiger partial charge in [-0.15, -0.1) is 0 Å². The van der Waals surface area contributed by atoms with Crippen LogP contribution >= 0.6 is 0 Å². The van der Waals surface area contributed by atoms with Crippen LogP contribution in [-0.4, -0.2) is 9.97 Å². The van der Waals surface area contributed by atoms with Gasteiger partial charge in [0.2, 0.25) is 11.8 Å². The van der Waals surface area contributed by atoms with Crippen molar-refractivity contribution < 1.29 is 13.6 Å². The SMILES string of the molecule is c1cc(-c2ccc(-c3cc(-c4nc5ccccc5o4)cc(-c4nc5ccccc5o4)c3)cc2)cc(-c2ccc3c(c2)C2(c4ccccc4Oc4ccccc42)c2ccccc2-3)c1. The van der Waals surface area contributed by atoms with E-state index in [0.717, 1.165) is 83.8 Å². The average molecular weight is 795 g/mol. The third-order valence-electron chi connectivity index (χ3n) is 12.6. The number of fused-ring (bicyclic) bond motifs is 11. The highest BCUT2D eigenvalue weighted by Crippen LogP contribution is 2.62. The predicted octanol–water partition coefficient (Wildman–Crippen LogP) is 14.8. The van der Waals surface area contributed by atoms with Crippen molar-refractivity contribution in [2.45, 2.75) is 5.41 Å². The highest BCUT2D eigenvalue weighted by molar-refractivity contribution is 5.91. The number of hydrogen-bond donors (Lipinski definition) is 0. The van der Waals surface area contributed by atoms with Crippen molar-refractivity contribution >= 4 is 22.2 Å². The second-order valence-electron chi connectivity index (χ2n) is 16.1. The molecular weight excluding hydrogens is 761 g/mol. The smallest absolute Gasteiger partial charge is 0.227 e. The first-order valence-corrected chi connectivity index (χ1v) is 20.9. The lowest BCUT2D eigenvalue weighted by Gasteiger charge is -2.39. The Kier molecular flexibility index (Phi) is 7.45. The molecule has 0 atom stereocenters. The van der Waals surface area contributed by atoms with Crippen LogP contribution in [0.3, 0.4) is 0 Å². The van der Waals surface area contributed by atoms with E-state index in [1.54, 1.807) is 0 Å².